The van der Waals surface area contributed by atoms with E-state index in [1.165, 1.54) is 6.92 Å². The van der Waals surface area contributed by atoms with Gasteiger partial charge >= 0.3 is 0 Å². The summed E-state index contributed by atoms with van der Waals surface area (Å²) in [6.07, 6.45) is 2.25. The predicted octanol–water partition coefficient (Wildman–Crippen LogP) is 3.09. The number of hydrogen-bond donors (Lipinski definition) is 1. The normalized spacial score (nSPS) is 16.7. The SMILES string of the molecule is CC(=O)NCCC(=O)N1Cc2ccccc2C2C(N=NN2CCOCCOCCOCCOCC[C-]=O)c2ccccc21.[Y]. The summed E-state index contributed by atoms with van der Waals surface area (Å²) in [5.41, 5.74) is 3.84. The van der Waals surface area contributed by atoms with Crippen LogP contribution in [0.1, 0.15) is 48.5 Å². The van der Waals surface area contributed by atoms with E-state index in [0.29, 0.717) is 65.9 Å². The number of para-hydroxylation sites is 1. The van der Waals surface area contributed by atoms with Gasteiger partial charge in [-0.05, 0) is 17.2 Å². The summed E-state index contributed by atoms with van der Waals surface area (Å²) in [7, 11) is 0. The van der Waals surface area contributed by atoms with Gasteiger partial charge in [-0.3, -0.25) is 20.9 Å². The molecule has 2 aromatic carbocycles. The fourth-order valence-electron chi connectivity index (χ4n) is 5.09. The topological polar surface area (TPSA) is 131 Å². The number of ether oxygens (including phenoxy) is 4. The van der Waals surface area contributed by atoms with Crippen LogP contribution in [0.4, 0.5) is 5.69 Å². The molecule has 235 valence electrons. The first-order valence-corrected chi connectivity index (χ1v) is 14.6. The van der Waals surface area contributed by atoms with E-state index in [4.69, 9.17) is 18.9 Å². The smallest absolute Gasteiger partial charge is 0.229 e. The van der Waals surface area contributed by atoms with Gasteiger partial charge < -0.3 is 34.0 Å². The molecule has 2 atom stereocenters. The monoisotopic (exact) mass is 683 g/mol. The third-order valence-corrected chi connectivity index (χ3v) is 7.10. The molecule has 44 heavy (non-hydrogen) atoms. The summed E-state index contributed by atoms with van der Waals surface area (Å²) in [5, 5.41) is 13.9. The number of carbonyl (C=O) groups is 2. The van der Waals surface area contributed by atoms with Crippen molar-refractivity contribution in [3.05, 3.63) is 65.2 Å². The Morgan fingerprint density at radius 3 is 2.18 bits per heavy atom. The molecule has 0 saturated carbocycles. The zero-order chi connectivity index (χ0) is 30.3. The summed E-state index contributed by atoms with van der Waals surface area (Å²) in [6, 6.07) is 15.5. The van der Waals surface area contributed by atoms with Crippen molar-refractivity contribution in [1.82, 2.24) is 10.3 Å². The fraction of sp³-hybridized carbons (Fsp3) is 0.516. The van der Waals surface area contributed by atoms with Gasteiger partial charge in [0.15, 0.2) is 0 Å². The first kappa shape index (κ1) is 35.9. The predicted molar refractivity (Wildman–Crippen MR) is 158 cm³/mol. The Balaban J connectivity index is 0.00000529. The third-order valence-electron chi connectivity index (χ3n) is 7.10. The Morgan fingerprint density at radius 2 is 1.50 bits per heavy atom. The van der Waals surface area contributed by atoms with Crippen molar-refractivity contribution in [1.29, 1.82) is 0 Å². The number of anilines is 1. The van der Waals surface area contributed by atoms with Gasteiger partial charge in [0.25, 0.3) is 0 Å². The van der Waals surface area contributed by atoms with Crippen LogP contribution in [0, 0.1) is 0 Å². The van der Waals surface area contributed by atoms with Crippen LogP contribution < -0.4 is 10.2 Å². The fourth-order valence-corrected chi connectivity index (χ4v) is 5.09. The molecule has 2 aliphatic heterocycles. The second-order valence-electron chi connectivity index (χ2n) is 10.1. The van der Waals surface area contributed by atoms with E-state index in [9.17, 15) is 14.4 Å². The van der Waals surface area contributed by atoms with Crippen molar-refractivity contribution < 1.29 is 66.0 Å². The van der Waals surface area contributed by atoms with E-state index >= 15 is 0 Å². The van der Waals surface area contributed by atoms with Crippen LogP contribution in [0.25, 0.3) is 0 Å². The van der Waals surface area contributed by atoms with Gasteiger partial charge in [0, 0.05) is 70.5 Å². The van der Waals surface area contributed by atoms with Crippen LogP contribution in [0.15, 0.2) is 58.9 Å². The second-order valence-corrected chi connectivity index (χ2v) is 10.1. The summed E-state index contributed by atoms with van der Waals surface area (Å²) >= 11 is 0. The summed E-state index contributed by atoms with van der Waals surface area (Å²) in [5.74, 6) is -0.227. The van der Waals surface area contributed by atoms with Crippen molar-refractivity contribution in [2.75, 3.05) is 70.8 Å². The molecule has 0 saturated heterocycles. The summed E-state index contributed by atoms with van der Waals surface area (Å²) < 4.78 is 22.0. The van der Waals surface area contributed by atoms with Crippen molar-refractivity contribution in [3.63, 3.8) is 0 Å². The molecule has 2 heterocycles. The number of nitrogens with one attached hydrogen (secondary N) is 1. The van der Waals surface area contributed by atoms with Crippen molar-refractivity contribution >= 4 is 23.8 Å². The molecule has 0 aromatic heterocycles. The molecule has 1 N–H and O–H groups in total. The standard InChI is InChI=1S/C31H40N5O7.Y/c1-24(38)32-12-11-29(39)35-23-25-7-2-3-8-26(25)31-30(27-9-4-5-10-28(27)35)33-34-36(31)13-16-41-18-20-43-22-21-42-19-17-40-15-6-14-37;/h2-5,7-10,30-31H,6,11-13,15-23H2,1H3,(H,32,38);/q-1;. The van der Waals surface area contributed by atoms with E-state index < -0.39 is 0 Å². The molecule has 12 nitrogen and oxygen atoms in total. The minimum absolute atomic E-state index is 0. The zero-order valence-electron chi connectivity index (χ0n) is 25.2. The molecule has 2 aliphatic rings. The molecular weight excluding hydrogens is 643 g/mol. The minimum Gasteiger partial charge on any atom is -0.542 e. The van der Waals surface area contributed by atoms with Crippen LogP contribution in [0.3, 0.4) is 0 Å². The van der Waals surface area contributed by atoms with Crippen LogP contribution in [0.5, 0.6) is 0 Å². The number of rotatable bonds is 18. The summed E-state index contributed by atoms with van der Waals surface area (Å²) in [6.45, 7) is 6.20. The average Bonchev–Trinajstić information content (AvgIpc) is 3.42. The first-order chi connectivity index (χ1) is 21.1. The quantitative estimate of drug-likeness (QED) is 0.188. The molecule has 13 heteroatoms. The Kier molecular flexibility index (Phi) is 16.1. The van der Waals surface area contributed by atoms with Crippen LogP contribution in [0.2, 0.25) is 0 Å². The van der Waals surface area contributed by atoms with E-state index in [2.05, 4.69) is 21.7 Å². The molecule has 0 spiro atoms. The zero-order valence-corrected chi connectivity index (χ0v) is 28.0. The Bertz CT molecular complexity index is 1230. The Hall–Kier alpha value is -2.61. The molecular formula is C31H40N5O7Y-. The van der Waals surface area contributed by atoms with Crippen molar-refractivity contribution in [2.24, 2.45) is 10.3 Å². The van der Waals surface area contributed by atoms with Crippen molar-refractivity contribution in [2.45, 2.75) is 38.4 Å². The Labute approximate surface area is 283 Å². The van der Waals surface area contributed by atoms with Crippen molar-refractivity contribution in [3.8, 4) is 0 Å². The van der Waals surface area contributed by atoms with Gasteiger partial charge in [0.1, 0.15) is 12.1 Å². The number of nitrogens with zero attached hydrogens (tertiary/aromatic N) is 4. The number of benzene rings is 2. The third kappa shape index (κ3) is 10.5. The van der Waals surface area contributed by atoms with Crippen LogP contribution in [-0.4, -0.2) is 89.1 Å². The van der Waals surface area contributed by atoms with E-state index in [-0.39, 0.29) is 76.0 Å². The number of fused-ring (bicyclic) bond motifs is 5. The van der Waals surface area contributed by atoms with E-state index in [0.717, 1.165) is 22.4 Å². The number of amides is 2. The molecule has 4 rings (SSSR count). The maximum Gasteiger partial charge on any atom is 0.229 e. The second kappa shape index (κ2) is 19.7. The van der Waals surface area contributed by atoms with Gasteiger partial charge in [-0.1, -0.05) is 47.7 Å². The van der Waals surface area contributed by atoms with Gasteiger partial charge in [0.2, 0.25) is 11.8 Å². The van der Waals surface area contributed by atoms with E-state index in [1.54, 1.807) is 11.2 Å². The van der Waals surface area contributed by atoms with Gasteiger partial charge in [-0.15, -0.1) is 6.42 Å². The van der Waals surface area contributed by atoms with Crippen LogP contribution >= 0.6 is 0 Å². The molecule has 2 aromatic rings. The average molecular weight is 684 g/mol. The molecule has 0 bridgehead atoms. The minimum atomic E-state index is -0.291. The molecule has 2 unspecified atom stereocenters. The number of hydrogen-bond acceptors (Lipinski definition) is 10. The maximum atomic E-state index is 13.4. The van der Waals surface area contributed by atoms with Crippen LogP contribution in [-0.2, 0) is 72.6 Å². The van der Waals surface area contributed by atoms with Gasteiger partial charge in [-0.25, -0.2) is 0 Å². The van der Waals surface area contributed by atoms with Gasteiger partial charge in [-0.2, -0.15) is 5.11 Å². The first-order valence-electron chi connectivity index (χ1n) is 14.6. The van der Waals surface area contributed by atoms with Gasteiger partial charge in [0.05, 0.1) is 59.3 Å². The summed E-state index contributed by atoms with van der Waals surface area (Å²) in [4.78, 5) is 36.6. The molecule has 0 aliphatic carbocycles. The largest absolute Gasteiger partial charge is 0.542 e. The molecule has 2 amide bonds. The number of carbonyl (C=O) groups excluding carboxylic acids is 3. The Morgan fingerprint density at radius 1 is 0.886 bits per heavy atom. The van der Waals surface area contributed by atoms with E-state index in [1.807, 2.05) is 47.5 Å². The molecule has 0 fully saturated rings. The maximum absolute atomic E-state index is 13.4. The molecule has 1 radical (unpaired) electrons.